The number of amides is 2. The molecule has 4 nitrogen and oxygen atoms in total. The van der Waals surface area contributed by atoms with Gasteiger partial charge in [0.25, 0.3) is 5.91 Å². The van der Waals surface area contributed by atoms with E-state index in [0.717, 1.165) is 18.5 Å². The molecular weight excluding hydrogens is 312 g/mol. The van der Waals surface area contributed by atoms with Crippen molar-refractivity contribution in [2.45, 2.75) is 26.3 Å². The molecular formula is C21H22N2O2. The smallest absolute Gasteiger partial charge is 0.254 e. The maximum Gasteiger partial charge on any atom is 0.254 e. The van der Waals surface area contributed by atoms with Gasteiger partial charge in [-0.15, -0.1) is 0 Å². The van der Waals surface area contributed by atoms with Crippen molar-refractivity contribution in [3.05, 3.63) is 70.3 Å². The third-order valence-corrected chi connectivity index (χ3v) is 5.49. The largest absolute Gasteiger partial charge is 0.332 e. The Morgan fingerprint density at radius 3 is 2.68 bits per heavy atom. The predicted octanol–water partition coefficient (Wildman–Crippen LogP) is 2.89. The number of fused-ring (bicyclic) bond motifs is 3. The van der Waals surface area contributed by atoms with Gasteiger partial charge >= 0.3 is 0 Å². The van der Waals surface area contributed by atoms with Gasteiger partial charge < -0.3 is 9.80 Å². The minimum absolute atomic E-state index is 0.0262. The van der Waals surface area contributed by atoms with Gasteiger partial charge in [0.05, 0.1) is 6.04 Å². The van der Waals surface area contributed by atoms with Crippen LogP contribution in [0, 0.1) is 13.8 Å². The van der Waals surface area contributed by atoms with Gasteiger partial charge in [0.1, 0.15) is 6.54 Å². The first-order chi connectivity index (χ1) is 12.0. The number of piperazine rings is 1. The van der Waals surface area contributed by atoms with Crippen LogP contribution in [0.2, 0.25) is 0 Å². The molecule has 0 radical (unpaired) electrons. The van der Waals surface area contributed by atoms with Crippen LogP contribution in [0.4, 0.5) is 0 Å². The SMILES string of the molecule is Cc1ccc(C(=O)N2CC(=O)N3CCc4ccccc4[C@@H]3C2)cc1C. The monoisotopic (exact) mass is 334 g/mol. The number of nitrogens with zero attached hydrogens (tertiary/aromatic N) is 2. The van der Waals surface area contributed by atoms with E-state index in [4.69, 9.17) is 0 Å². The zero-order valence-electron chi connectivity index (χ0n) is 14.7. The molecule has 0 aromatic heterocycles. The summed E-state index contributed by atoms with van der Waals surface area (Å²) in [5.74, 6) is -0.0120. The van der Waals surface area contributed by atoms with Crippen molar-refractivity contribution in [2.24, 2.45) is 0 Å². The highest BCUT2D eigenvalue weighted by atomic mass is 16.2. The Morgan fingerprint density at radius 2 is 1.88 bits per heavy atom. The lowest BCUT2D eigenvalue weighted by Crippen LogP contribution is -2.55. The van der Waals surface area contributed by atoms with E-state index in [1.807, 2.05) is 49.1 Å². The van der Waals surface area contributed by atoms with Crippen molar-refractivity contribution < 1.29 is 9.59 Å². The van der Waals surface area contributed by atoms with Crippen LogP contribution in [-0.4, -0.2) is 41.2 Å². The van der Waals surface area contributed by atoms with Gasteiger partial charge in [-0.1, -0.05) is 30.3 Å². The highest BCUT2D eigenvalue weighted by Gasteiger charge is 2.38. The summed E-state index contributed by atoms with van der Waals surface area (Å²) in [7, 11) is 0. The normalized spacial score (nSPS) is 19.4. The molecule has 1 atom stereocenters. The summed E-state index contributed by atoms with van der Waals surface area (Å²) in [4.78, 5) is 29.2. The van der Waals surface area contributed by atoms with Crippen LogP contribution in [-0.2, 0) is 11.2 Å². The molecule has 0 unspecified atom stereocenters. The van der Waals surface area contributed by atoms with E-state index in [1.165, 1.54) is 16.7 Å². The van der Waals surface area contributed by atoms with E-state index in [-0.39, 0.29) is 24.4 Å². The second-order valence-corrected chi connectivity index (χ2v) is 7.04. The molecule has 0 bridgehead atoms. The summed E-state index contributed by atoms with van der Waals surface area (Å²) < 4.78 is 0. The maximum atomic E-state index is 13.0. The number of aryl methyl sites for hydroxylation is 2. The molecule has 1 fully saturated rings. The van der Waals surface area contributed by atoms with E-state index in [2.05, 4.69) is 12.1 Å². The zero-order valence-corrected chi connectivity index (χ0v) is 14.7. The maximum absolute atomic E-state index is 13.0. The van der Waals surface area contributed by atoms with Crippen molar-refractivity contribution in [1.29, 1.82) is 0 Å². The van der Waals surface area contributed by atoms with Crippen LogP contribution >= 0.6 is 0 Å². The summed E-state index contributed by atoms with van der Waals surface area (Å²) in [6.07, 6.45) is 0.892. The van der Waals surface area contributed by atoms with Crippen molar-refractivity contribution in [3.8, 4) is 0 Å². The first-order valence-corrected chi connectivity index (χ1v) is 8.78. The minimum atomic E-state index is -0.0563. The quantitative estimate of drug-likeness (QED) is 0.804. The number of hydrogen-bond donors (Lipinski definition) is 0. The summed E-state index contributed by atoms with van der Waals surface area (Å²) >= 11 is 0. The fourth-order valence-corrected chi connectivity index (χ4v) is 3.89. The minimum Gasteiger partial charge on any atom is -0.332 e. The first-order valence-electron chi connectivity index (χ1n) is 8.78. The van der Waals surface area contributed by atoms with Gasteiger partial charge in [-0.05, 0) is 54.7 Å². The van der Waals surface area contributed by atoms with Crippen LogP contribution in [0.25, 0.3) is 0 Å². The number of benzene rings is 2. The molecule has 25 heavy (non-hydrogen) atoms. The van der Waals surface area contributed by atoms with E-state index in [9.17, 15) is 9.59 Å². The Morgan fingerprint density at radius 1 is 1.08 bits per heavy atom. The summed E-state index contributed by atoms with van der Waals surface area (Å²) in [5, 5.41) is 0. The molecule has 2 aromatic carbocycles. The van der Waals surface area contributed by atoms with E-state index < -0.39 is 0 Å². The average molecular weight is 334 g/mol. The van der Waals surface area contributed by atoms with Gasteiger partial charge in [-0.3, -0.25) is 9.59 Å². The molecule has 1 saturated heterocycles. The Bertz CT molecular complexity index is 859. The lowest BCUT2D eigenvalue weighted by Gasteiger charge is -2.44. The second-order valence-electron chi connectivity index (χ2n) is 7.04. The molecule has 2 amide bonds. The van der Waals surface area contributed by atoms with E-state index in [1.54, 1.807) is 4.90 Å². The van der Waals surface area contributed by atoms with Gasteiger partial charge in [0.15, 0.2) is 0 Å². The van der Waals surface area contributed by atoms with Gasteiger partial charge in [-0.25, -0.2) is 0 Å². The molecule has 0 saturated carbocycles. The lowest BCUT2D eigenvalue weighted by molar-refractivity contribution is -0.139. The van der Waals surface area contributed by atoms with Gasteiger partial charge in [0.2, 0.25) is 5.91 Å². The molecule has 2 aliphatic heterocycles. The Hall–Kier alpha value is -2.62. The van der Waals surface area contributed by atoms with Crippen LogP contribution < -0.4 is 0 Å². The third kappa shape index (κ3) is 2.72. The van der Waals surface area contributed by atoms with Crippen LogP contribution in [0.3, 0.4) is 0 Å². The summed E-state index contributed by atoms with van der Waals surface area (Å²) in [6, 6.07) is 14.0. The molecule has 0 N–H and O–H groups in total. The molecule has 2 heterocycles. The highest BCUT2D eigenvalue weighted by molar-refractivity contribution is 5.97. The fourth-order valence-electron chi connectivity index (χ4n) is 3.89. The molecule has 2 aromatic rings. The number of hydrogen-bond acceptors (Lipinski definition) is 2. The molecule has 4 heteroatoms. The van der Waals surface area contributed by atoms with Crippen molar-refractivity contribution in [3.63, 3.8) is 0 Å². The summed E-state index contributed by atoms with van der Waals surface area (Å²) in [5.41, 5.74) is 5.39. The molecule has 128 valence electrons. The van der Waals surface area contributed by atoms with Gasteiger partial charge in [0, 0.05) is 18.7 Å². The third-order valence-electron chi connectivity index (χ3n) is 5.49. The standard InChI is InChI=1S/C21H22N2O2/c1-14-7-8-17(11-15(14)2)21(25)22-12-19-18-6-4-3-5-16(18)9-10-23(19)20(24)13-22/h3-8,11,19H,9-10,12-13H2,1-2H3/t19-/m0/s1. The first kappa shape index (κ1) is 15.9. The molecule has 0 spiro atoms. The van der Waals surface area contributed by atoms with Gasteiger partial charge in [-0.2, -0.15) is 0 Å². The molecule has 2 aliphatic rings. The Labute approximate surface area is 148 Å². The van der Waals surface area contributed by atoms with Crippen LogP contribution in [0.1, 0.15) is 38.7 Å². The molecule has 4 rings (SSSR count). The van der Waals surface area contributed by atoms with E-state index in [0.29, 0.717) is 12.1 Å². The van der Waals surface area contributed by atoms with E-state index >= 15 is 0 Å². The van der Waals surface area contributed by atoms with Crippen LogP contribution in [0.5, 0.6) is 0 Å². The van der Waals surface area contributed by atoms with Crippen molar-refractivity contribution in [2.75, 3.05) is 19.6 Å². The zero-order chi connectivity index (χ0) is 17.6. The molecule has 0 aliphatic carbocycles. The Kier molecular flexibility index (Phi) is 3.83. The lowest BCUT2D eigenvalue weighted by atomic mass is 9.90. The average Bonchev–Trinajstić information content (AvgIpc) is 2.63. The van der Waals surface area contributed by atoms with Crippen LogP contribution in [0.15, 0.2) is 42.5 Å². The highest BCUT2D eigenvalue weighted by Crippen LogP contribution is 2.33. The number of carbonyl (C=O) groups is 2. The second kappa shape index (κ2) is 6.03. The van der Waals surface area contributed by atoms with Crippen molar-refractivity contribution in [1.82, 2.24) is 9.80 Å². The summed E-state index contributed by atoms with van der Waals surface area (Å²) in [6.45, 7) is 5.52. The van der Waals surface area contributed by atoms with Crippen molar-refractivity contribution >= 4 is 11.8 Å². The Balaban J connectivity index is 1.64. The predicted molar refractivity (Wildman–Crippen MR) is 96.4 cm³/mol. The number of carbonyl (C=O) groups excluding carboxylic acids is 2. The topological polar surface area (TPSA) is 40.6 Å². The fraction of sp³-hybridized carbons (Fsp3) is 0.333. The number of rotatable bonds is 1.